The van der Waals surface area contributed by atoms with Gasteiger partial charge in [-0.15, -0.1) is 0 Å². The van der Waals surface area contributed by atoms with Gasteiger partial charge in [0.2, 0.25) is 5.91 Å². The van der Waals surface area contributed by atoms with Crippen LogP contribution in [0.2, 0.25) is 0 Å². The van der Waals surface area contributed by atoms with Crippen LogP contribution in [-0.2, 0) is 10.2 Å². The van der Waals surface area contributed by atoms with E-state index in [9.17, 15) is 9.59 Å². The van der Waals surface area contributed by atoms with Crippen LogP contribution in [-0.4, -0.2) is 19.2 Å². The second kappa shape index (κ2) is 6.71. The smallest absolute Gasteiger partial charge is 0.248 e. The van der Waals surface area contributed by atoms with Gasteiger partial charge in [0.1, 0.15) is 6.29 Å². The van der Waals surface area contributed by atoms with Gasteiger partial charge >= 0.3 is 0 Å². The molecular formula is C21H24N2O2. The summed E-state index contributed by atoms with van der Waals surface area (Å²) in [5.41, 5.74) is 10.6. The lowest BCUT2D eigenvalue weighted by atomic mass is 9.78. The first-order valence-corrected chi connectivity index (χ1v) is 8.70. The zero-order valence-corrected chi connectivity index (χ0v) is 14.8. The lowest BCUT2D eigenvalue weighted by molar-refractivity contribution is -0.112. The van der Waals surface area contributed by atoms with Crippen molar-refractivity contribution in [1.82, 2.24) is 0 Å². The highest BCUT2D eigenvalue weighted by molar-refractivity contribution is 5.94. The highest BCUT2D eigenvalue weighted by atomic mass is 16.1. The second-order valence-corrected chi connectivity index (χ2v) is 6.89. The van der Waals surface area contributed by atoms with Crippen molar-refractivity contribution >= 4 is 17.9 Å². The molecule has 4 nitrogen and oxygen atoms in total. The molecule has 0 heterocycles. The van der Waals surface area contributed by atoms with E-state index in [1.165, 1.54) is 0 Å². The van der Waals surface area contributed by atoms with Crippen LogP contribution in [0.15, 0.2) is 36.4 Å². The minimum atomic E-state index is -0.433. The molecule has 2 aromatic carbocycles. The molecule has 1 aliphatic rings. The summed E-state index contributed by atoms with van der Waals surface area (Å²) in [4.78, 5) is 23.3. The highest BCUT2D eigenvalue weighted by Gasteiger charge is 2.37. The molecule has 25 heavy (non-hydrogen) atoms. The van der Waals surface area contributed by atoms with Crippen LogP contribution in [0.3, 0.4) is 0 Å². The number of anilines is 1. The maximum absolute atomic E-state index is 11.8. The standard InChI is InChI=1S/C21H24N2O2/c1-14-5-6-16(20(22)25)11-17(14)15-7-8-18(19(12-15)23-2)21(13-24)9-3-4-10-21/h5-8,11-13,23H,3-4,9-10H2,1-2H3,(H2,22,25). The Balaban J connectivity index is 2.10. The SMILES string of the molecule is CNc1cc(-c2cc(C(N)=O)ccc2C)ccc1C1(C=O)CCCC1. The van der Waals surface area contributed by atoms with E-state index in [1.807, 2.05) is 32.2 Å². The molecule has 1 saturated carbocycles. The molecule has 0 bridgehead atoms. The summed E-state index contributed by atoms with van der Waals surface area (Å²) in [7, 11) is 1.88. The third kappa shape index (κ3) is 3.04. The molecule has 1 aliphatic carbocycles. The van der Waals surface area contributed by atoms with E-state index in [-0.39, 0.29) is 5.41 Å². The van der Waals surface area contributed by atoms with Gasteiger partial charge in [-0.3, -0.25) is 4.79 Å². The monoisotopic (exact) mass is 336 g/mol. The van der Waals surface area contributed by atoms with Gasteiger partial charge in [0, 0.05) is 18.3 Å². The number of aryl methyl sites for hydroxylation is 1. The fraction of sp³-hybridized carbons (Fsp3) is 0.333. The Morgan fingerprint density at radius 1 is 1.16 bits per heavy atom. The number of hydrogen-bond donors (Lipinski definition) is 2. The summed E-state index contributed by atoms with van der Waals surface area (Å²) in [5.74, 6) is -0.433. The molecule has 0 aliphatic heterocycles. The Morgan fingerprint density at radius 2 is 1.88 bits per heavy atom. The van der Waals surface area contributed by atoms with Gasteiger partial charge in [0.15, 0.2) is 0 Å². The molecule has 0 aromatic heterocycles. The molecule has 1 fully saturated rings. The number of primary amides is 1. The Kier molecular flexibility index (Phi) is 4.62. The molecule has 130 valence electrons. The molecule has 3 rings (SSSR count). The number of carbonyl (C=O) groups is 2. The van der Waals surface area contributed by atoms with Crippen LogP contribution in [0.1, 0.15) is 47.2 Å². The molecule has 4 heteroatoms. The number of benzene rings is 2. The predicted molar refractivity (Wildman–Crippen MR) is 101 cm³/mol. The van der Waals surface area contributed by atoms with Crippen molar-refractivity contribution in [3.63, 3.8) is 0 Å². The van der Waals surface area contributed by atoms with Crippen molar-refractivity contribution in [2.45, 2.75) is 38.0 Å². The van der Waals surface area contributed by atoms with E-state index >= 15 is 0 Å². The first kappa shape index (κ1) is 17.2. The number of amides is 1. The van der Waals surface area contributed by atoms with Crippen molar-refractivity contribution in [1.29, 1.82) is 0 Å². The number of hydrogen-bond acceptors (Lipinski definition) is 3. The predicted octanol–water partition coefficient (Wildman–Crippen LogP) is 3.81. The Labute approximate surface area is 148 Å². The van der Waals surface area contributed by atoms with Gasteiger partial charge in [-0.1, -0.05) is 31.0 Å². The summed E-state index contributed by atoms with van der Waals surface area (Å²) in [6.45, 7) is 2.01. The lowest BCUT2D eigenvalue weighted by Gasteiger charge is -2.26. The van der Waals surface area contributed by atoms with Crippen molar-refractivity contribution in [3.8, 4) is 11.1 Å². The van der Waals surface area contributed by atoms with E-state index in [2.05, 4.69) is 17.4 Å². The number of aldehydes is 1. The third-order valence-corrected chi connectivity index (χ3v) is 5.38. The highest BCUT2D eigenvalue weighted by Crippen LogP contribution is 2.43. The van der Waals surface area contributed by atoms with Crippen molar-refractivity contribution in [2.75, 3.05) is 12.4 Å². The maximum atomic E-state index is 11.8. The number of nitrogens with one attached hydrogen (secondary N) is 1. The Morgan fingerprint density at radius 3 is 2.48 bits per heavy atom. The number of rotatable bonds is 5. The minimum absolute atomic E-state index is 0.374. The third-order valence-electron chi connectivity index (χ3n) is 5.38. The van der Waals surface area contributed by atoms with Gasteiger partial charge in [0.05, 0.1) is 5.41 Å². The normalized spacial score (nSPS) is 15.8. The Bertz CT molecular complexity index is 821. The summed E-state index contributed by atoms with van der Waals surface area (Å²) < 4.78 is 0. The molecule has 0 radical (unpaired) electrons. The summed E-state index contributed by atoms with van der Waals surface area (Å²) in [5, 5.41) is 3.25. The van der Waals surface area contributed by atoms with Crippen LogP contribution in [0.5, 0.6) is 0 Å². The summed E-state index contributed by atoms with van der Waals surface area (Å²) in [6.07, 6.45) is 5.10. The van der Waals surface area contributed by atoms with Gasteiger partial charge in [-0.2, -0.15) is 0 Å². The van der Waals surface area contributed by atoms with Crippen LogP contribution in [0, 0.1) is 6.92 Å². The van der Waals surface area contributed by atoms with Crippen LogP contribution >= 0.6 is 0 Å². The van der Waals surface area contributed by atoms with E-state index in [0.717, 1.165) is 59.9 Å². The molecule has 0 unspecified atom stereocenters. The van der Waals surface area contributed by atoms with Crippen molar-refractivity contribution in [2.24, 2.45) is 5.73 Å². The van der Waals surface area contributed by atoms with E-state index in [4.69, 9.17) is 5.73 Å². The largest absolute Gasteiger partial charge is 0.388 e. The Hall–Kier alpha value is -2.62. The van der Waals surface area contributed by atoms with Crippen LogP contribution in [0.4, 0.5) is 5.69 Å². The average molecular weight is 336 g/mol. The van der Waals surface area contributed by atoms with Crippen LogP contribution in [0.25, 0.3) is 11.1 Å². The summed E-state index contributed by atoms with van der Waals surface area (Å²) >= 11 is 0. The molecular weight excluding hydrogens is 312 g/mol. The molecule has 0 atom stereocenters. The van der Waals surface area contributed by atoms with Crippen molar-refractivity contribution < 1.29 is 9.59 Å². The van der Waals surface area contributed by atoms with Gasteiger partial charge < -0.3 is 15.8 Å². The average Bonchev–Trinajstić information content (AvgIpc) is 3.11. The molecule has 0 spiro atoms. The zero-order valence-electron chi connectivity index (χ0n) is 14.8. The van der Waals surface area contributed by atoms with Gasteiger partial charge in [-0.05, 0) is 60.2 Å². The summed E-state index contributed by atoms with van der Waals surface area (Å²) in [6, 6.07) is 11.6. The van der Waals surface area contributed by atoms with Crippen LogP contribution < -0.4 is 11.1 Å². The topological polar surface area (TPSA) is 72.2 Å². The van der Waals surface area contributed by atoms with E-state index in [0.29, 0.717) is 5.56 Å². The fourth-order valence-electron chi connectivity index (χ4n) is 3.90. The lowest BCUT2D eigenvalue weighted by Crippen LogP contribution is -2.25. The quantitative estimate of drug-likeness (QED) is 0.816. The number of carbonyl (C=O) groups excluding carboxylic acids is 2. The van der Waals surface area contributed by atoms with Gasteiger partial charge in [0.25, 0.3) is 0 Å². The second-order valence-electron chi connectivity index (χ2n) is 6.89. The zero-order chi connectivity index (χ0) is 18.0. The number of nitrogens with two attached hydrogens (primary N) is 1. The van der Waals surface area contributed by atoms with Crippen molar-refractivity contribution in [3.05, 3.63) is 53.1 Å². The maximum Gasteiger partial charge on any atom is 0.248 e. The van der Waals surface area contributed by atoms with E-state index < -0.39 is 5.91 Å². The minimum Gasteiger partial charge on any atom is -0.388 e. The van der Waals surface area contributed by atoms with E-state index in [1.54, 1.807) is 6.07 Å². The molecule has 2 aromatic rings. The molecule has 0 saturated heterocycles. The molecule has 1 amide bonds. The first-order chi connectivity index (χ1) is 12.0. The molecule has 3 N–H and O–H groups in total. The van der Waals surface area contributed by atoms with Gasteiger partial charge in [-0.25, -0.2) is 0 Å². The fourth-order valence-corrected chi connectivity index (χ4v) is 3.90. The first-order valence-electron chi connectivity index (χ1n) is 8.70.